The molecule has 4 unspecified atom stereocenters. The van der Waals surface area contributed by atoms with Gasteiger partial charge in [-0.3, -0.25) is 0 Å². The molecule has 0 aliphatic carbocycles. The monoisotopic (exact) mass is 237 g/mol. The number of rotatable bonds is 2. The fourth-order valence-electron chi connectivity index (χ4n) is 1.38. The van der Waals surface area contributed by atoms with E-state index >= 15 is 0 Å². The molecule has 0 spiro atoms. The molecule has 1 aliphatic rings. The van der Waals surface area contributed by atoms with Gasteiger partial charge in [-0.1, -0.05) is 0 Å². The number of hydrogen-bond donors (Lipinski definition) is 1. The van der Waals surface area contributed by atoms with Crippen LogP contribution >= 0.6 is 0 Å². The molecule has 0 aromatic rings. The second-order valence-corrected chi connectivity index (χ2v) is 4.25. The number of hydrogen-bond acceptors (Lipinski definition) is 3. The molecule has 0 saturated carbocycles. The first kappa shape index (κ1) is 10.0. The van der Waals surface area contributed by atoms with Crippen molar-refractivity contribution < 1.29 is 14.6 Å². The molecule has 1 heterocycles. The summed E-state index contributed by atoms with van der Waals surface area (Å²) in [6.45, 7) is 3.69. The maximum atomic E-state index is 11.2. The van der Waals surface area contributed by atoms with E-state index in [0.29, 0.717) is 6.42 Å². The van der Waals surface area contributed by atoms with Crippen LogP contribution in [-0.4, -0.2) is 39.3 Å². The molecule has 0 bridgehead atoms. The molecule has 1 aliphatic heterocycles. The molecule has 69 valence electrons. The molecule has 1 saturated heterocycles. The zero-order valence-electron chi connectivity index (χ0n) is 7.19. The summed E-state index contributed by atoms with van der Waals surface area (Å²) < 4.78 is 4.98. The predicted molar refractivity (Wildman–Crippen MR) is 44.8 cm³/mol. The molecule has 0 aromatic carbocycles. The first-order valence-electron chi connectivity index (χ1n) is 4.12. The van der Waals surface area contributed by atoms with Gasteiger partial charge in [0.15, 0.2) is 0 Å². The summed E-state index contributed by atoms with van der Waals surface area (Å²) in [7, 11) is 0. The van der Waals surface area contributed by atoms with Crippen LogP contribution in [0.4, 0.5) is 0 Å². The normalized spacial score (nSPS) is 38.0. The topological polar surface area (TPSA) is 46.5 Å². The fraction of sp³-hybridized carbons (Fsp3) is 0.875. The van der Waals surface area contributed by atoms with Gasteiger partial charge in [0.05, 0.1) is 0 Å². The summed E-state index contributed by atoms with van der Waals surface area (Å²) in [4.78, 5) is 11.2. The Labute approximate surface area is 80.3 Å². The third kappa shape index (κ3) is 1.65. The molecule has 1 radical (unpaired) electrons. The standard InChI is InChI=1S/C8H13O3Se/c1-3-5(9)6-7(12)4(2)11-8(6)10/h4-7,9H,3H2,1-2H3. The first-order valence-corrected chi connectivity index (χ1v) is 5.11. The number of aliphatic hydroxyl groups excluding tert-OH is 1. The van der Waals surface area contributed by atoms with Crippen molar-refractivity contribution in [3.8, 4) is 0 Å². The summed E-state index contributed by atoms with van der Waals surface area (Å²) in [5.74, 6) is -0.648. The fourth-order valence-corrected chi connectivity index (χ4v) is 2.12. The van der Waals surface area contributed by atoms with Gasteiger partial charge in [-0.2, -0.15) is 0 Å². The van der Waals surface area contributed by atoms with E-state index < -0.39 is 6.10 Å². The zero-order chi connectivity index (χ0) is 9.30. The molecule has 1 N–H and O–H groups in total. The summed E-state index contributed by atoms with van der Waals surface area (Å²) in [5.41, 5.74) is 0. The Hall–Kier alpha value is -0.0505. The third-order valence-electron chi connectivity index (χ3n) is 2.22. The van der Waals surface area contributed by atoms with E-state index in [-0.39, 0.29) is 22.8 Å². The summed E-state index contributed by atoms with van der Waals surface area (Å²) in [6, 6.07) is 0. The van der Waals surface area contributed by atoms with Crippen molar-refractivity contribution >= 4 is 22.0 Å². The van der Waals surface area contributed by atoms with Gasteiger partial charge in [-0.15, -0.1) is 0 Å². The van der Waals surface area contributed by atoms with Crippen molar-refractivity contribution in [1.82, 2.24) is 0 Å². The van der Waals surface area contributed by atoms with E-state index in [1.54, 1.807) is 0 Å². The molecule has 1 rings (SSSR count). The summed E-state index contributed by atoms with van der Waals surface area (Å²) in [6.07, 6.45) is -0.0950. The van der Waals surface area contributed by atoms with Gasteiger partial charge in [0.25, 0.3) is 0 Å². The third-order valence-corrected chi connectivity index (χ3v) is 3.64. The Morgan fingerprint density at radius 1 is 1.75 bits per heavy atom. The predicted octanol–water partition coefficient (Wildman–Crippen LogP) is 0.276. The van der Waals surface area contributed by atoms with Crippen molar-refractivity contribution in [1.29, 1.82) is 0 Å². The van der Waals surface area contributed by atoms with Crippen molar-refractivity contribution in [3.05, 3.63) is 0 Å². The second-order valence-electron chi connectivity index (χ2n) is 3.11. The number of ether oxygens (including phenoxy) is 1. The van der Waals surface area contributed by atoms with Crippen LogP contribution in [0.5, 0.6) is 0 Å². The maximum absolute atomic E-state index is 11.2. The Balaban J connectivity index is 2.69. The average molecular weight is 236 g/mol. The van der Waals surface area contributed by atoms with Gasteiger partial charge in [0.1, 0.15) is 0 Å². The SMILES string of the molecule is CCC(O)C1C(=O)OC(C)C1[Se]. The molecule has 0 amide bonds. The van der Waals surface area contributed by atoms with E-state index in [1.165, 1.54) is 0 Å². The molecule has 4 atom stereocenters. The van der Waals surface area contributed by atoms with Crippen LogP contribution in [0.3, 0.4) is 0 Å². The van der Waals surface area contributed by atoms with Gasteiger partial charge < -0.3 is 0 Å². The van der Waals surface area contributed by atoms with Crippen LogP contribution in [0.2, 0.25) is 4.82 Å². The van der Waals surface area contributed by atoms with Crippen molar-refractivity contribution in [2.45, 2.75) is 37.3 Å². The number of aliphatic hydroxyl groups is 1. The van der Waals surface area contributed by atoms with E-state index in [4.69, 9.17) is 4.74 Å². The van der Waals surface area contributed by atoms with Crippen LogP contribution in [-0.2, 0) is 9.53 Å². The number of carbonyl (C=O) groups excluding carboxylic acids is 1. The van der Waals surface area contributed by atoms with Gasteiger partial charge in [0.2, 0.25) is 0 Å². The van der Waals surface area contributed by atoms with Crippen LogP contribution in [0.15, 0.2) is 0 Å². The Morgan fingerprint density at radius 3 is 2.67 bits per heavy atom. The van der Waals surface area contributed by atoms with E-state index in [1.807, 2.05) is 13.8 Å². The molecule has 4 heteroatoms. The Bertz CT molecular complexity index is 183. The average Bonchev–Trinajstić information content (AvgIpc) is 2.26. The Kier molecular flexibility index (Phi) is 3.15. The van der Waals surface area contributed by atoms with Gasteiger partial charge in [-0.05, 0) is 0 Å². The zero-order valence-corrected chi connectivity index (χ0v) is 8.90. The number of esters is 1. The molecular weight excluding hydrogens is 223 g/mol. The van der Waals surface area contributed by atoms with E-state index in [2.05, 4.69) is 16.0 Å². The van der Waals surface area contributed by atoms with E-state index in [0.717, 1.165) is 0 Å². The van der Waals surface area contributed by atoms with Crippen molar-refractivity contribution in [2.75, 3.05) is 0 Å². The molecule has 1 fully saturated rings. The van der Waals surface area contributed by atoms with E-state index in [9.17, 15) is 9.90 Å². The van der Waals surface area contributed by atoms with Crippen LogP contribution in [0.25, 0.3) is 0 Å². The second kappa shape index (κ2) is 3.77. The number of cyclic esters (lactones) is 1. The number of carbonyl (C=O) groups is 1. The molecule has 3 nitrogen and oxygen atoms in total. The van der Waals surface area contributed by atoms with Gasteiger partial charge in [-0.25, -0.2) is 0 Å². The molecule has 12 heavy (non-hydrogen) atoms. The van der Waals surface area contributed by atoms with Gasteiger partial charge >= 0.3 is 79.8 Å². The summed E-state index contributed by atoms with van der Waals surface area (Å²) >= 11 is 2.88. The van der Waals surface area contributed by atoms with Crippen molar-refractivity contribution in [2.24, 2.45) is 5.92 Å². The van der Waals surface area contributed by atoms with Crippen molar-refractivity contribution in [3.63, 3.8) is 0 Å². The van der Waals surface area contributed by atoms with Crippen LogP contribution in [0, 0.1) is 5.92 Å². The first-order chi connectivity index (χ1) is 5.57. The minimum atomic E-state index is -0.575. The summed E-state index contributed by atoms with van der Waals surface area (Å²) in [5, 5.41) is 9.50. The quantitative estimate of drug-likeness (QED) is 0.553. The molecule has 0 aromatic heterocycles. The Morgan fingerprint density at radius 2 is 2.33 bits per heavy atom. The van der Waals surface area contributed by atoms with Crippen LogP contribution in [0.1, 0.15) is 20.3 Å². The van der Waals surface area contributed by atoms with Gasteiger partial charge in [0, 0.05) is 0 Å². The minimum absolute atomic E-state index is 0.00690. The molecular formula is C8H13O3Se. The van der Waals surface area contributed by atoms with Crippen LogP contribution < -0.4 is 0 Å².